The first-order valence-corrected chi connectivity index (χ1v) is 3.72. The SMILES string of the molecule is CCOC(=[OH+])c1ccc(O)cc1. The van der Waals surface area contributed by atoms with Crippen LogP contribution in [0.2, 0.25) is 0 Å². The van der Waals surface area contributed by atoms with Gasteiger partial charge in [-0.3, -0.25) is 0 Å². The van der Waals surface area contributed by atoms with Crippen LogP contribution in [0.3, 0.4) is 0 Å². The molecule has 12 heavy (non-hydrogen) atoms. The predicted octanol–water partition coefficient (Wildman–Crippen LogP) is 1.28. The Hall–Kier alpha value is -1.51. The van der Waals surface area contributed by atoms with Crippen LogP contribution in [0.5, 0.6) is 5.75 Å². The number of phenolic OH excluding ortho intramolecular Hbond substituents is 1. The summed E-state index contributed by atoms with van der Waals surface area (Å²) >= 11 is 0. The highest BCUT2D eigenvalue weighted by Gasteiger charge is 2.13. The quantitative estimate of drug-likeness (QED) is 0.532. The number of benzene rings is 1. The number of ether oxygens (including phenoxy) is 1. The summed E-state index contributed by atoms with van der Waals surface area (Å²) in [5, 5.41) is 8.94. The van der Waals surface area contributed by atoms with Gasteiger partial charge in [0.15, 0.2) is 6.61 Å². The Balaban J connectivity index is 2.75. The first-order chi connectivity index (χ1) is 5.74. The van der Waals surface area contributed by atoms with Gasteiger partial charge >= 0.3 is 5.97 Å². The minimum atomic E-state index is -0.113. The lowest BCUT2D eigenvalue weighted by atomic mass is 10.2. The highest BCUT2D eigenvalue weighted by molar-refractivity contribution is 5.90. The molecule has 0 spiro atoms. The van der Waals surface area contributed by atoms with E-state index >= 15 is 0 Å². The second kappa shape index (κ2) is 3.76. The summed E-state index contributed by atoms with van der Waals surface area (Å²) in [6.45, 7) is 2.21. The summed E-state index contributed by atoms with van der Waals surface area (Å²) in [5.74, 6) is 0.0561. The molecule has 0 radical (unpaired) electrons. The summed E-state index contributed by atoms with van der Waals surface area (Å²) < 4.78 is 4.86. The standard InChI is InChI=1S/C9H10O3/c1-2-12-9(11)7-3-5-8(10)6-4-7/h3-6,10H,2H2,1H3/p+1. The number of phenols is 1. The third-order valence-electron chi connectivity index (χ3n) is 1.40. The van der Waals surface area contributed by atoms with E-state index in [1.165, 1.54) is 12.1 Å². The van der Waals surface area contributed by atoms with Gasteiger partial charge in [0.1, 0.15) is 11.3 Å². The van der Waals surface area contributed by atoms with Crippen LogP contribution >= 0.6 is 0 Å². The van der Waals surface area contributed by atoms with Crippen molar-refractivity contribution in [2.45, 2.75) is 6.92 Å². The van der Waals surface area contributed by atoms with Crippen LogP contribution in [0.4, 0.5) is 0 Å². The largest absolute Gasteiger partial charge is 0.517 e. The molecule has 0 fully saturated rings. The van der Waals surface area contributed by atoms with Gasteiger partial charge < -0.3 is 14.6 Å². The average molecular weight is 167 g/mol. The van der Waals surface area contributed by atoms with Gasteiger partial charge in [0.25, 0.3) is 0 Å². The molecule has 1 aromatic carbocycles. The maximum absolute atomic E-state index is 9.22. The first kappa shape index (κ1) is 8.59. The van der Waals surface area contributed by atoms with Crippen LogP contribution in [0.25, 0.3) is 0 Å². The number of esters is 1. The molecule has 0 aliphatic heterocycles. The van der Waals surface area contributed by atoms with Crippen molar-refractivity contribution in [1.29, 1.82) is 0 Å². The van der Waals surface area contributed by atoms with Gasteiger partial charge in [-0.25, -0.2) is 0 Å². The van der Waals surface area contributed by atoms with Crippen LogP contribution in [-0.4, -0.2) is 22.5 Å². The molecule has 1 aromatic rings. The summed E-state index contributed by atoms with van der Waals surface area (Å²) in [6, 6.07) is 6.15. The van der Waals surface area contributed by atoms with Crippen molar-refractivity contribution in [2.24, 2.45) is 0 Å². The van der Waals surface area contributed by atoms with Crippen LogP contribution in [-0.2, 0) is 4.74 Å². The van der Waals surface area contributed by atoms with E-state index in [1.54, 1.807) is 19.1 Å². The molecule has 2 N–H and O–H groups in total. The Kier molecular flexibility index (Phi) is 2.69. The van der Waals surface area contributed by atoms with Crippen molar-refractivity contribution in [3.63, 3.8) is 0 Å². The molecule has 64 valence electrons. The van der Waals surface area contributed by atoms with Gasteiger partial charge in [0.05, 0.1) is 0 Å². The summed E-state index contributed by atoms with van der Waals surface area (Å²) in [6.07, 6.45) is 0. The van der Waals surface area contributed by atoms with Gasteiger partial charge in [-0.05, 0) is 31.2 Å². The molecule has 1 rings (SSSR count). The van der Waals surface area contributed by atoms with Gasteiger partial charge in [-0.15, -0.1) is 0 Å². The second-order valence-corrected chi connectivity index (χ2v) is 2.29. The predicted molar refractivity (Wildman–Crippen MR) is 45.8 cm³/mol. The second-order valence-electron chi connectivity index (χ2n) is 2.29. The topological polar surface area (TPSA) is 50.9 Å². The van der Waals surface area contributed by atoms with Gasteiger partial charge in [0, 0.05) is 0 Å². The molecule has 0 aliphatic rings. The van der Waals surface area contributed by atoms with E-state index < -0.39 is 0 Å². The summed E-state index contributed by atoms with van der Waals surface area (Å²) in [4.78, 5) is 9.22. The molecule has 0 amide bonds. The minimum Gasteiger partial charge on any atom is -0.508 e. The van der Waals surface area contributed by atoms with E-state index in [1.807, 2.05) is 0 Å². The van der Waals surface area contributed by atoms with E-state index in [9.17, 15) is 4.79 Å². The molecule has 3 nitrogen and oxygen atoms in total. The Morgan fingerprint density at radius 3 is 2.50 bits per heavy atom. The Morgan fingerprint density at radius 2 is 2.00 bits per heavy atom. The van der Waals surface area contributed by atoms with Crippen molar-refractivity contribution in [3.05, 3.63) is 29.8 Å². The summed E-state index contributed by atoms with van der Waals surface area (Å²) in [7, 11) is 0. The Bertz CT molecular complexity index is 264. The molecular formula is C9H11O3+. The number of rotatable bonds is 2. The molecule has 0 unspecified atom stereocenters. The zero-order valence-corrected chi connectivity index (χ0v) is 6.82. The fraction of sp³-hybridized carbons (Fsp3) is 0.222. The van der Waals surface area contributed by atoms with Crippen LogP contribution in [0.1, 0.15) is 12.5 Å². The number of carbonyl (C=O) groups excluding carboxylic acids is 1. The third-order valence-corrected chi connectivity index (χ3v) is 1.40. The van der Waals surface area contributed by atoms with Crippen LogP contribution < -0.4 is 0 Å². The fourth-order valence-electron chi connectivity index (χ4n) is 0.824. The van der Waals surface area contributed by atoms with Crippen LogP contribution in [0.15, 0.2) is 24.3 Å². The monoisotopic (exact) mass is 167 g/mol. The lowest BCUT2D eigenvalue weighted by Crippen LogP contribution is -2.05. The number of hydrogen-bond donors (Lipinski definition) is 1. The zero-order chi connectivity index (χ0) is 8.97. The lowest BCUT2D eigenvalue weighted by Gasteiger charge is -1.93. The van der Waals surface area contributed by atoms with E-state index in [0.717, 1.165) is 0 Å². The van der Waals surface area contributed by atoms with Crippen molar-refractivity contribution in [1.82, 2.24) is 0 Å². The maximum atomic E-state index is 9.22. The fourth-order valence-corrected chi connectivity index (χ4v) is 0.824. The Morgan fingerprint density at radius 1 is 1.42 bits per heavy atom. The molecular weight excluding hydrogens is 156 g/mol. The highest BCUT2D eigenvalue weighted by Crippen LogP contribution is 2.09. The molecule has 3 heteroatoms. The third kappa shape index (κ3) is 1.99. The minimum absolute atomic E-state index is 0.113. The van der Waals surface area contributed by atoms with Crippen molar-refractivity contribution < 1.29 is 14.6 Å². The zero-order valence-electron chi connectivity index (χ0n) is 6.82. The summed E-state index contributed by atoms with van der Waals surface area (Å²) in [5.41, 5.74) is 0.564. The molecule has 0 heterocycles. The maximum Gasteiger partial charge on any atom is 0.517 e. The first-order valence-electron chi connectivity index (χ1n) is 3.72. The molecule has 0 bridgehead atoms. The highest BCUT2D eigenvalue weighted by atomic mass is 16.5. The molecule has 0 saturated heterocycles. The van der Waals surface area contributed by atoms with Crippen molar-refractivity contribution >= 4 is 5.97 Å². The number of hydrogen-bond acceptors (Lipinski definition) is 2. The number of aromatic hydroxyl groups is 1. The van der Waals surface area contributed by atoms with Gasteiger partial charge in [-0.1, -0.05) is 0 Å². The normalized spacial score (nSPS) is 9.42. The van der Waals surface area contributed by atoms with E-state index in [2.05, 4.69) is 0 Å². The molecule has 0 aromatic heterocycles. The smallest absolute Gasteiger partial charge is 0.508 e. The van der Waals surface area contributed by atoms with Crippen LogP contribution in [0, 0.1) is 0 Å². The molecule has 0 atom stereocenters. The van der Waals surface area contributed by atoms with E-state index in [4.69, 9.17) is 9.84 Å². The lowest BCUT2D eigenvalue weighted by molar-refractivity contribution is 0.294. The average Bonchev–Trinajstić information content (AvgIpc) is 2.06. The Labute approximate surface area is 70.6 Å². The van der Waals surface area contributed by atoms with Gasteiger partial charge in [-0.2, -0.15) is 0 Å². The van der Waals surface area contributed by atoms with E-state index in [-0.39, 0.29) is 11.7 Å². The molecule has 0 aliphatic carbocycles. The van der Waals surface area contributed by atoms with Crippen molar-refractivity contribution in [3.8, 4) is 5.75 Å². The van der Waals surface area contributed by atoms with E-state index in [0.29, 0.717) is 12.2 Å². The van der Waals surface area contributed by atoms with Crippen molar-refractivity contribution in [2.75, 3.05) is 6.61 Å². The molecule has 0 saturated carbocycles. The van der Waals surface area contributed by atoms with Gasteiger partial charge in [0.2, 0.25) is 0 Å².